The maximum absolute atomic E-state index is 12.5. The van der Waals surface area contributed by atoms with Gasteiger partial charge in [0.2, 0.25) is 5.91 Å². The summed E-state index contributed by atoms with van der Waals surface area (Å²) in [6.07, 6.45) is 0. The number of halogens is 1. The molecule has 1 aromatic carbocycles. The predicted octanol–water partition coefficient (Wildman–Crippen LogP) is 3.02. The van der Waals surface area contributed by atoms with Gasteiger partial charge in [-0.25, -0.2) is 0 Å². The first kappa shape index (κ1) is 17.8. The number of furan rings is 1. The van der Waals surface area contributed by atoms with Crippen LogP contribution < -0.4 is 4.90 Å². The number of carbonyl (C=O) groups excluding carboxylic acids is 1. The molecule has 25 heavy (non-hydrogen) atoms. The number of anilines is 1. The maximum Gasteiger partial charge on any atom is 0.236 e. The van der Waals surface area contributed by atoms with Crippen molar-refractivity contribution in [1.29, 1.82) is 0 Å². The lowest BCUT2D eigenvalue weighted by atomic mass is 10.2. The molecule has 1 aliphatic rings. The van der Waals surface area contributed by atoms with Gasteiger partial charge in [0, 0.05) is 36.9 Å². The van der Waals surface area contributed by atoms with Gasteiger partial charge in [-0.1, -0.05) is 17.7 Å². The number of hydrogen-bond acceptors (Lipinski definition) is 4. The van der Waals surface area contributed by atoms with Crippen LogP contribution in [0.1, 0.15) is 11.5 Å². The van der Waals surface area contributed by atoms with Gasteiger partial charge in [0.25, 0.3) is 0 Å². The molecule has 5 nitrogen and oxygen atoms in total. The summed E-state index contributed by atoms with van der Waals surface area (Å²) in [6.45, 7) is 6.09. The molecular weight excluding hydrogens is 338 g/mol. The molecule has 2 heterocycles. The Bertz CT molecular complexity index is 723. The van der Waals surface area contributed by atoms with E-state index in [0.717, 1.165) is 48.4 Å². The molecule has 2 aromatic rings. The summed E-state index contributed by atoms with van der Waals surface area (Å²) >= 11 is 6.06. The fourth-order valence-corrected chi connectivity index (χ4v) is 3.29. The average Bonchev–Trinajstić information content (AvgIpc) is 2.99. The molecular formula is C19H24ClN3O2. The molecule has 6 heteroatoms. The van der Waals surface area contributed by atoms with Crippen molar-refractivity contribution >= 4 is 23.2 Å². The van der Waals surface area contributed by atoms with Crippen LogP contribution in [0.2, 0.25) is 5.02 Å². The third-order valence-corrected chi connectivity index (χ3v) is 4.67. The lowest BCUT2D eigenvalue weighted by molar-refractivity contribution is -0.132. The van der Waals surface area contributed by atoms with Crippen LogP contribution in [-0.4, -0.2) is 55.5 Å². The second-order valence-corrected chi connectivity index (χ2v) is 6.97. The first-order valence-corrected chi connectivity index (χ1v) is 8.91. The zero-order valence-electron chi connectivity index (χ0n) is 14.7. The molecule has 134 valence electrons. The average molecular weight is 362 g/mol. The monoisotopic (exact) mass is 361 g/mol. The number of hydrogen-bond donors (Lipinski definition) is 0. The van der Waals surface area contributed by atoms with Crippen molar-refractivity contribution < 1.29 is 9.21 Å². The van der Waals surface area contributed by atoms with Crippen LogP contribution in [0.3, 0.4) is 0 Å². The van der Waals surface area contributed by atoms with Crippen LogP contribution in [0.25, 0.3) is 0 Å². The van der Waals surface area contributed by atoms with Crippen molar-refractivity contribution in [3.05, 3.63) is 52.9 Å². The van der Waals surface area contributed by atoms with E-state index >= 15 is 0 Å². The van der Waals surface area contributed by atoms with Gasteiger partial charge in [-0.15, -0.1) is 0 Å². The SMILES string of the molecule is Cc1ccc(CN(C)CC(=O)N2CCN(c3cccc(Cl)c3)CC2)o1. The van der Waals surface area contributed by atoms with Crippen LogP contribution in [0.15, 0.2) is 40.8 Å². The molecule has 0 N–H and O–H groups in total. The minimum Gasteiger partial charge on any atom is -0.465 e. The van der Waals surface area contributed by atoms with Crippen LogP contribution in [0, 0.1) is 6.92 Å². The molecule has 1 amide bonds. The molecule has 0 saturated carbocycles. The van der Waals surface area contributed by atoms with Crippen molar-refractivity contribution in [2.75, 3.05) is 44.7 Å². The maximum atomic E-state index is 12.5. The van der Waals surface area contributed by atoms with E-state index in [2.05, 4.69) is 11.0 Å². The zero-order valence-corrected chi connectivity index (χ0v) is 15.5. The van der Waals surface area contributed by atoms with Gasteiger partial charge in [-0.3, -0.25) is 9.69 Å². The second kappa shape index (κ2) is 7.93. The summed E-state index contributed by atoms with van der Waals surface area (Å²) < 4.78 is 5.57. The van der Waals surface area contributed by atoms with E-state index in [0.29, 0.717) is 13.1 Å². The molecule has 1 fully saturated rings. The fraction of sp³-hybridized carbons (Fsp3) is 0.421. The molecule has 3 rings (SSSR count). The lowest BCUT2D eigenvalue weighted by Crippen LogP contribution is -2.51. The van der Waals surface area contributed by atoms with Crippen LogP contribution in [-0.2, 0) is 11.3 Å². The molecule has 0 aliphatic carbocycles. The zero-order chi connectivity index (χ0) is 17.8. The van der Waals surface area contributed by atoms with Crippen molar-refractivity contribution in [3.8, 4) is 0 Å². The smallest absolute Gasteiger partial charge is 0.236 e. The van der Waals surface area contributed by atoms with Crippen LogP contribution in [0.4, 0.5) is 5.69 Å². The summed E-state index contributed by atoms with van der Waals surface area (Å²) in [5.74, 6) is 1.95. The number of likely N-dealkylation sites (N-methyl/N-ethyl adjacent to an activating group) is 1. The first-order valence-electron chi connectivity index (χ1n) is 8.53. The van der Waals surface area contributed by atoms with E-state index in [9.17, 15) is 4.79 Å². The molecule has 1 aliphatic heterocycles. The van der Waals surface area contributed by atoms with E-state index in [1.54, 1.807) is 0 Å². The Morgan fingerprint density at radius 2 is 1.96 bits per heavy atom. The van der Waals surface area contributed by atoms with Gasteiger partial charge < -0.3 is 14.2 Å². The van der Waals surface area contributed by atoms with Gasteiger partial charge in [0.1, 0.15) is 11.5 Å². The first-order chi connectivity index (χ1) is 12.0. The highest BCUT2D eigenvalue weighted by Gasteiger charge is 2.22. The lowest BCUT2D eigenvalue weighted by Gasteiger charge is -2.36. The number of benzene rings is 1. The Morgan fingerprint density at radius 3 is 2.60 bits per heavy atom. The Balaban J connectivity index is 1.48. The minimum atomic E-state index is 0.163. The summed E-state index contributed by atoms with van der Waals surface area (Å²) in [7, 11) is 1.94. The van der Waals surface area contributed by atoms with Crippen molar-refractivity contribution in [1.82, 2.24) is 9.80 Å². The summed E-state index contributed by atoms with van der Waals surface area (Å²) in [5.41, 5.74) is 1.12. The quantitative estimate of drug-likeness (QED) is 0.820. The van der Waals surface area contributed by atoms with Crippen LogP contribution in [0.5, 0.6) is 0 Å². The normalized spacial score (nSPS) is 15.0. The Labute approximate surface area is 153 Å². The highest BCUT2D eigenvalue weighted by Crippen LogP contribution is 2.20. The summed E-state index contributed by atoms with van der Waals surface area (Å²) in [4.78, 5) is 18.7. The molecule has 1 aromatic heterocycles. The molecule has 0 spiro atoms. The minimum absolute atomic E-state index is 0.163. The Hall–Kier alpha value is -1.98. The Morgan fingerprint density at radius 1 is 1.20 bits per heavy atom. The standard InChI is InChI=1S/C19H24ClN3O2/c1-15-6-7-18(25-15)13-21(2)14-19(24)23-10-8-22(9-11-23)17-5-3-4-16(20)12-17/h3-7,12H,8-11,13-14H2,1-2H3. The van der Waals surface area contributed by atoms with Gasteiger partial charge in [-0.2, -0.15) is 0 Å². The topological polar surface area (TPSA) is 39.9 Å². The molecule has 1 saturated heterocycles. The van der Waals surface area contributed by atoms with Crippen molar-refractivity contribution in [2.24, 2.45) is 0 Å². The van der Waals surface area contributed by atoms with Gasteiger partial charge >= 0.3 is 0 Å². The van der Waals surface area contributed by atoms with Gasteiger partial charge in [-0.05, 0) is 44.3 Å². The van der Waals surface area contributed by atoms with Crippen molar-refractivity contribution in [3.63, 3.8) is 0 Å². The largest absolute Gasteiger partial charge is 0.465 e. The van der Waals surface area contributed by atoms with E-state index in [1.165, 1.54) is 0 Å². The number of piperazine rings is 1. The Kier molecular flexibility index (Phi) is 5.66. The third kappa shape index (κ3) is 4.77. The highest BCUT2D eigenvalue weighted by atomic mass is 35.5. The van der Waals surface area contributed by atoms with E-state index in [1.807, 2.05) is 54.1 Å². The number of nitrogens with zero attached hydrogens (tertiary/aromatic N) is 3. The van der Waals surface area contributed by atoms with Crippen molar-refractivity contribution in [2.45, 2.75) is 13.5 Å². The number of amides is 1. The fourth-order valence-electron chi connectivity index (χ4n) is 3.11. The van der Waals surface area contributed by atoms with E-state index < -0.39 is 0 Å². The summed E-state index contributed by atoms with van der Waals surface area (Å²) in [5, 5.41) is 0.741. The summed E-state index contributed by atoms with van der Waals surface area (Å²) in [6, 6.07) is 11.8. The van der Waals surface area contributed by atoms with Gasteiger partial charge in [0.15, 0.2) is 0 Å². The molecule has 0 atom stereocenters. The number of aryl methyl sites for hydroxylation is 1. The molecule has 0 radical (unpaired) electrons. The third-order valence-electron chi connectivity index (χ3n) is 4.43. The van der Waals surface area contributed by atoms with E-state index in [4.69, 9.17) is 16.0 Å². The number of carbonyl (C=O) groups is 1. The predicted molar refractivity (Wildman–Crippen MR) is 100 cm³/mol. The number of rotatable bonds is 5. The second-order valence-electron chi connectivity index (χ2n) is 6.53. The van der Waals surface area contributed by atoms with Gasteiger partial charge in [0.05, 0.1) is 13.1 Å². The van der Waals surface area contributed by atoms with Crippen LogP contribution >= 0.6 is 11.6 Å². The highest BCUT2D eigenvalue weighted by molar-refractivity contribution is 6.30. The van der Waals surface area contributed by atoms with E-state index in [-0.39, 0.29) is 5.91 Å². The molecule has 0 bridgehead atoms. The molecule has 0 unspecified atom stereocenters.